The zero-order chi connectivity index (χ0) is 12.3. The Morgan fingerprint density at radius 1 is 1.35 bits per heavy atom. The van der Waals surface area contributed by atoms with E-state index in [4.69, 9.17) is 10.5 Å². The average Bonchev–Trinajstić information content (AvgIpc) is 2.29. The molecule has 1 aromatic rings. The van der Waals surface area contributed by atoms with Crippen molar-refractivity contribution in [3.63, 3.8) is 0 Å². The van der Waals surface area contributed by atoms with Crippen LogP contribution in [0.15, 0.2) is 29.2 Å². The van der Waals surface area contributed by atoms with E-state index in [0.29, 0.717) is 5.92 Å². The number of thioether (sulfide) groups is 1. The van der Waals surface area contributed by atoms with Gasteiger partial charge in [-0.2, -0.15) is 0 Å². The Morgan fingerprint density at radius 3 is 2.41 bits per heavy atom. The number of rotatable bonds is 5. The molecule has 3 heteroatoms. The minimum absolute atomic E-state index is 0.205. The molecule has 1 aliphatic heterocycles. The Labute approximate surface area is 108 Å². The van der Waals surface area contributed by atoms with Gasteiger partial charge in [0, 0.05) is 10.3 Å². The highest BCUT2D eigenvalue weighted by atomic mass is 32.2. The van der Waals surface area contributed by atoms with E-state index in [2.05, 4.69) is 37.4 Å². The molecule has 94 valence electrons. The first kappa shape index (κ1) is 12.9. The van der Waals surface area contributed by atoms with Crippen LogP contribution in [0.4, 0.5) is 0 Å². The molecule has 1 fully saturated rings. The Balaban J connectivity index is 2.21. The molecule has 1 saturated heterocycles. The van der Waals surface area contributed by atoms with E-state index >= 15 is 0 Å². The van der Waals surface area contributed by atoms with Gasteiger partial charge in [0.15, 0.2) is 0 Å². The zero-order valence-corrected chi connectivity index (χ0v) is 11.4. The summed E-state index contributed by atoms with van der Waals surface area (Å²) in [5.41, 5.74) is 7.29. The van der Waals surface area contributed by atoms with Crippen molar-refractivity contribution in [2.45, 2.75) is 23.7 Å². The van der Waals surface area contributed by atoms with Gasteiger partial charge >= 0.3 is 0 Å². The maximum Gasteiger partial charge on any atom is 0.0588 e. The predicted molar refractivity (Wildman–Crippen MR) is 73.6 cm³/mol. The van der Waals surface area contributed by atoms with Crippen molar-refractivity contribution in [2.75, 3.05) is 26.0 Å². The van der Waals surface area contributed by atoms with Gasteiger partial charge in [-0.15, -0.1) is 11.8 Å². The van der Waals surface area contributed by atoms with Crippen LogP contribution >= 0.6 is 11.8 Å². The molecule has 17 heavy (non-hydrogen) atoms. The molecule has 2 rings (SSSR count). The molecule has 0 aliphatic carbocycles. The van der Waals surface area contributed by atoms with Crippen LogP contribution in [0.25, 0.3) is 0 Å². The summed E-state index contributed by atoms with van der Waals surface area (Å²) in [6.45, 7) is 4.73. The molecular formula is C14H21NOS. The summed E-state index contributed by atoms with van der Waals surface area (Å²) in [7, 11) is 0. The SMILES string of the molecule is CSc1ccc(C2(C(C)CCN)COC2)cc1. The fraction of sp³-hybridized carbons (Fsp3) is 0.571. The van der Waals surface area contributed by atoms with Crippen LogP contribution < -0.4 is 5.73 Å². The summed E-state index contributed by atoms with van der Waals surface area (Å²) < 4.78 is 5.47. The van der Waals surface area contributed by atoms with Crippen LogP contribution in [0.1, 0.15) is 18.9 Å². The molecule has 2 nitrogen and oxygen atoms in total. The van der Waals surface area contributed by atoms with E-state index in [9.17, 15) is 0 Å². The molecule has 1 aliphatic rings. The van der Waals surface area contributed by atoms with Gasteiger partial charge in [0.05, 0.1) is 13.2 Å². The molecule has 1 heterocycles. The summed E-state index contributed by atoms with van der Waals surface area (Å²) in [4.78, 5) is 1.32. The lowest BCUT2D eigenvalue weighted by molar-refractivity contribution is -0.0883. The molecule has 2 N–H and O–H groups in total. The second-order valence-electron chi connectivity index (χ2n) is 4.86. The van der Waals surface area contributed by atoms with Gasteiger partial charge in [-0.1, -0.05) is 19.1 Å². The lowest BCUT2D eigenvalue weighted by Gasteiger charge is -2.46. The Bertz CT molecular complexity index is 359. The monoisotopic (exact) mass is 251 g/mol. The lowest BCUT2D eigenvalue weighted by atomic mass is 9.68. The fourth-order valence-corrected chi connectivity index (χ4v) is 2.92. The number of hydrogen-bond donors (Lipinski definition) is 1. The molecule has 0 spiro atoms. The highest BCUT2D eigenvalue weighted by molar-refractivity contribution is 7.98. The first-order chi connectivity index (χ1) is 8.23. The average molecular weight is 251 g/mol. The standard InChI is InChI=1S/C14H21NOS/c1-11(7-8-15)14(9-16-10-14)12-3-5-13(17-2)6-4-12/h3-6,11H,7-10,15H2,1-2H3. The summed E-state index contributed by atoms with van der Waals surface area (Å²) in [5, 5.41) is 0. The topological polar surface area (TPSA) is 35.2 Å². The van der Waals surface area contributed by atoms with E-state index in [0.717, 1.165) is 26.2 Å². The van der Waals surface area contributed by atoms with Crippen LogP contribution in [0, 0.1) is 5.92 Å². The van der Waals surface area contributed by atoms with Gasteiger partial charge in [0.1, 0.15) is 0 Å². The third kappa shape index (κ3) is 2.37. The normalized spacial score (nSPS) is 19.7. The molecule has 0 amide bonds. The van der Waals surface area contributed by atoms with E-state index in [1.165, 1.54) is 10.5 Å². The van der Waals surface area contributed by atoms with Crippen molar-refractivity contribution in [1.29, 1.82) is 0 Å². The number of ether oxygens (including phenoxy) is 1. The van der Waals surface area contributed by atoms with Gasteiger partial charge in [0.2, 0.25) is 0 Å². The first-order valence-electron chi connectivity index (χ1n) is 6.15. The van der Waals surface area contributed by atoms with Crippen molar-refractivity contribution in [2.24, 2.45) is 11.7 Å². The Kier molecular flexibility index (Phi) is 4.13. The first-order valence-corrected chi connectivity index (χ1v) is 7.38. The quantitative estimate of drug-likeness (QED) is 0.817. The molecular weight excluding hydrogens is 230 g/mol. The van der Waals surface area contributed by atoms with Gasteiger partial charge in [-0.25, -0.2) is 0 Å². The third-order valence-electron chi connectivity index (χ3n) is 3.93. The molecule has 1 atom stereocenters. The molecule has 0 bridgehead atoms. The van der Waals surface area contributed by atoms with Crippen LogP contribution in [0.5, 0.6) is 0 Å². The van der Waals surface area contributed by atoms with Crippen LogP contribution in [-0.4, -0.2) is 26.0 Å². The highest BCUT2D eigenvalue weighted by Crippen LogP contribution is 2.41. The number of nitrogens with two attached hydrogens (primary N) is 1. The van der Waals surface area contributed by atoms with Crippen LogP contribution in [0.2, 0.25) is 0 Å². The Morgan fingerprint density at radius 2 is 2.00 bits per heavy atom. The largest absolute Gasteiger partial charge is 0.379 e. The van der Waals surface area contributed by atoms with Crippen molar-refractivity contribution in [3.05, 3.63) is 29.8 Å². The molecule has 0 aromatic heterocycles. The minimum atomic E-state index is 0.205. The van der Waals surface area contributed by atoms with Gasteiger partial charge in [0.25, 0.3) is 0 Å². The predicted octanol–water partition coefficient (Wildman–Crippen LogP) is 2.66. The number of hydrogen-bond acceptors (Lipinski definition) is 3. The lowest BCUT2D eigenvalue weighted by Crippen LogP contribution is -2.52. The maximum absolute atomic E-state index is 5.68. The zero-order valence-electron chi connectivity index (χ0n) is 10.6. The summed E-state index contributed by atoms with van der Waals surface area (Å²) in [6, 6.07) is 8.91. The van der Waals surface area contributed by atoms with E-state index in [-0.39, 0.29) is 5.41 Å². The van der Waals surface area contributed by atoms with Crippen LogP contribution in [0.3, 0.4) is 0 Å². The van der Waals surface area contributed by atoms with Crippen molar-refractivity contribution in [1.82, 2.24) is 0 Å². The smallest absolute Gasteiger partial charge is 0.0588 e. The maximum atomic E-state index is 5.68. The fourth-order valence-electron chi connectivity index (χ4n) is 2.51. The summed E-state index contributed by atoms with van der Waals surface area (Å²) in [6.07, 6.45) is 3.17. The van der Waals surface area contributed by atoms with Gasteiger partial charge in [-0.3, -0.25) is 0 Å². The van der Waals surface area contributed by atoms with Gasteiger partial charge < -0.3 is 10.5 Å². The second-order valence-corrected chi connectivity index (χ2v) is 5.74. The molecule has 0 saturated carbocycles. The molecule has 1 aromatic carbocycles. The highest BCUT2D eigenvalue weighted by Gasteiger charge is 2.44. The van der Waals surface area contributed by atoms with Crippen LogP contribution in [-0.2, 0) is 10.2 Å². The van der Waals surface area contributed by atoms with E-state index < -0.39 is 0 Å². The summed E-state index contributed by atoms with van der Waals surface area (Å²) in [5.74, 6) is 0.585. The minimum Gasteiger partial charge on any atom is -0.379 e. The summed E-state index contributed by atoms with van der Waals surface area (Å²) >= 11 is 1.78. The van der Waals surface area contributed by atoms with E-state index in [1.54, 1.807) is 11.8 Å². The van der Waals surface area contributed by atoms with Gasteiger partial charge in [-0.05, 0) is 42.8 Å². The second kappa shape index (κ2) is 5.42. The van der Waals surface area contributed by atoms with Crippen molar-refractivity contribution < 1.29 is 4.74 Å². The number of benzene rings is 1. The van der Waals surface area contributed by atoms with E-state index in [1.807, 2.05) is 0 Å². The Hall–Kier alpha value is -0.510. The van der Waals surface area contributed by atoms with Crippen molar-refractivity contribution >= 4 is 11.8 Å². The molecule has 1 unspecified atom stereocenters. The van der Waals surface area contributed by atoms with Crippen molar-refractivity contribution in [3.8, 4) is 0 Å². The third-order valence-corrected chi connectivity index (χ3v) is 4.67. The molecule has 0 radical (unpaired) electrons.